The molecule has 1 atom stereocenters. The van der Waals surface area contributed by atoms with Gasteiger partial charge in [0.25, 0.3) is 0 Å². The van der Waals surface area contributed by atoms with Crippen molar-refractivity contribution in [3.05, 3.63) is 22.4 Å². The van der Waals surface area contributed by atoms with Crippen molar-refractivity contribution in [2.24, 2.45) is 0 Å². The molecule has 1 fully saturated rings. The number of nitrogens with one attached hydrogen (secondary N) is 1. The van der Waals surface area contributed by atoms with Crippen LogP contribution in [0.3, 0.4) is 0 Å². The van der Waals surface area contributed by atoms with Crippen molar-refractivity contribution in [2.45, 2.75) is 64.5 Å². The Morgan fingerprint density at radius 3 is 2.45 bits per heavy atom. The van der Waals surface area contributed by atoms with Gasteiger partial charge in [0.2, 0.25) is 0 Å². The van der Waals surface area contributed by atoms with Crippen LogP contribution in [-0.2, 0) is 0 Å². The first-order chi connectivity index (χ1) is 9.78. The SMILES string of the molecule is CCCNC(c1ccsc1)C1(N(CC)CC)CCCC1. The molecule has 1 aromatic heterocycles. The van der Waals surface area contributed by atoms with Crippen molar-refractivity contribution in [1.82, 2.24) is 10.2 Å². The van der Waals surface area contributed by atoms with E-state index < -0.39 is 0 Å². The zero-order chi connectivity index (χ0) is 14.4. The lowest BCUT2D eigenvalue weighted by Gasteiger charge is -2.46. The number of nitrogens with zero attached hydrogens (tertiary/aromatic N) is 1. The molecule has 1 heterocycles. The minimum atomic E-state index is 0.333. The maximum absolute atomic E-state index is 3.87. The molecule has 0 aromatic carbocycles. The molecule has 1 saturated carbocycles. The van der Waals surface area contributed by atoms with E-state index in [-0.39, 0.29) is 0 Å². The van der Waals surface area contributed by atoms with Gasteiger partial charge in [-0.25, -0.2) is 0 Å². The summed E-state index contributed by atoms with van der Waals surface area (Å²) in [5.41, 5.74) is 1.83. The van der Waals surface area contributed by atoms with Crippen LogP contribution in [-0.4, -0.2) is 30.1 Å². The van der Waals surface area contributed by atoms with Gasteiger partial charge in [-0.2, -0.15) is 11.3 Å². The van der Waals surface area contributed by atoms with Crippen LogP contribution in [0.15, 0.2) is 16.8 Å². The Labute approximate surface area is 128 Å². The second kappa shape index (κ2) is 7.58. The smallest absolute Gasteiger partial charge is 0.0515 e. The van der Waals surface area contributed by atoms with Gasteiger partial charge in [0.1, 0.15) is 0 Å². The predicted octanol–water partition coefficient (Wildman–Crippen LogP) is 4.44. The van der Waals surface area contributed by atoms with Gasteiger partial charge in [0.15, 0.2) is 0 Å². The topological polar surface area (TPSA) is 15.3 Å². The third-order valence-corrected chi connectivity index (χ3v) is 5.58. The third kappa shape index (κ3) is 3.10. The summed E-state index contributed by atoms with van der Waals surface area (Å²) in [6.07, 6.45) is 6.64. The standard InChI is InChI=1S/C17H30N2S/c1-4-12-18-16(15-9-13-20-14-15)17(10-7-8-11-17)19(5-2)6-3/h9,13-14,16,18H,4-8,10-12H2,1-3H3. The lowest BCUT2D eigenvalue weighted by Crippen LogP contribution is -2.55. The van der Waals surface area contributed by atoms with Crippen molar-refractivity contribution in [3.8, 4) is 0 Å². The Kier molecular flexibility index (Phi) is 6.06. The minimum absolute atomic E-state index is 0.333. The first-order valence-electron chi connectivity index (χ1n) is 8.29. The highest BCUT2D eigenvalue weighted by atomic mass is 32.1. The summed E-state index contributed by atoms with van der Waals surface area (Å²) in [6.45, 7) is 10.3. The quantitative estimate of drug-likeness (QED) is 0.762. The van der Waals surface area contributed by atoms with Gasteiger partial charge in [-0.05, 0) is 61.3 Å². The molecule has 1 aromatic rings. The van der Waals surface area contributed by atoms with E-state index >= 15 is 0 Å². The van der Waals surface area contributed by atoms with Gasteiger partial charge in [-0.1, -0.05) is 33.6 Å². The number of thiophene rings is 1. The van der Waals surface area contributed by atoms with Crippen LogP contribution in [0.25, 0.3) is 0 Å². The van der Waals surface area contributed by atoms with Crippen molar-refractivity contribution in [3.63, 3.8) is 0 Å². The predicted molar refractivity (Wildman–Crippen MR) is 89.5 cm³/mol. The van der Waals surface area contributed by atoms with E-state index in [0.29, 0.717) is 11.6 Å². The summed E-state index contributed by atoms with van der Waals surface area (Å²) in [4.78, 5) is 2.71. The van der Waals surface area contributed by atoms with Gasteiger partial charge in [0.05, 0.1) is 6.04 Å². The van der Waals surface area contributed by atoms with Gasteiger partial charge in [-0.3, -0.25) is 4.90 Å². The van der Waals surface area contributed by atoms with E-state index in [4.69, 9.17) is 0 Å². The van der Waals surface area contributed by atoms with Gasteiger partial charge < -0.3 is 5.32 Å². The molecule has 1 N–H and O–H groups in total. The molecule has 0 saturated heterocycles. The molecule has 114 valence electrons. The number of hydrogen-bond donors (Lipinski definition) is 1. The van der Waals surface area contributed by atoms with Crippen molar-refractivity contribution in [2.75, 3.05) is 19.6 Å². The van der Waals surface area contributed by atoms with Gasteiger partial charge in [-0.15, -0.1) is 0 Å². The van der Waals surface area contributed by atoms with Crippen molar-refractivity contribution in [1.29, 1.82) is 0 Å². The number of rotatable bonds is 8. The molecular weight excluding hydrogens is 264 g/mol. The lowest BCUT2D eigenvalue weighted by molar-refractivity contribution is 0.0627. The molecule has 0 amide bonds. The average Bonchev–Trinajstić information content (AvgIpc) is 3.13. The monoisotopic (exact) mass is 294 g/mol. The average molecular weight is 295 g/mol. The Bertz CT molecular complexity index is 364. The molecule has 0 bridgehead atoms. The normalized spacial score (nSPS) is 19.6. The number of likely N-dealkylation sites (N-methyl/N-ethyl adjacent to an activating group) is 1. The van der Waals surface area contributed by atoms with Crippen molar-refractivity contribution < 1.29 is 0 Å². The van der Waals surface area contributed by atoms with Gasteiger partial charge >= 0.3 is 0 Å². The maximum atomic E-state index is 3.87. The Balaban J connectivity index is 2.31. The zero-order valence-corrected chi connectivity index (χ0v) is 14.1. The third-order valence-electron chi connectivity index (χ3n) is 4.87. The molecule has 1 unspecified atom stereocenters. The summed E-state index contributed by atoms with van der Waals surface area (Å²) < 4.78 is 0. The highest BCUT2D eigenvalue weighted by Crippen LogP contribution is 2.44. The molecular formula is C17H30N2S. The summed E-state index contributed by atoms with van der Waals surface area (Å²) in [7, 11) is 0. The molecule has 20 heavy (non-hydrogen) atoms. The number of hydrogen-bond acceptors (Lipinski definition) is 3. The highest BCUT2D eigenvalue weighted by molar-refractivity contribution is 7.07. The largest absolute Gasteiger partial charge is 0.308 e. The summed E-state index contributed by atoms with van der Waals surface area (Å²) in [5.74, 6) is 0. The van der Waals surface area contributed by atoms with E-state index in [1.54, 1.807) is 0 Å². The summed E-state index contributed by atoms with van der Waals surface area (Å²) in [5, 5.41) is 8.44. The molecule has 2 nitrogen and oxygen atoms in total. The van der Waals surface area contributed by atoms with E-state index in [2.05, 4.69) is 47.8 Å². The zero-order valence-electron chi connectivity index (χ0n) is 13.3. The minimum Gasteiger partial charge on any atom is -0.308 e. The summed E-state index contributed by atoms with van der Waals surface area (Å²) >= 11 is 1.83. The van der Waals surface area contributed by atoms with Crippen LogP contribution in [0, 0.1) is 0 Å². The van der Waals surface area contributed by atoms with E-state index in [9.17, 15) is 0 Å². The first-order valence-corrected chi connectivity index (χ1v) is 9.23. The van der Waals surface area contributed by atoms with Crippen LogP contribution < -0.4 is 5.32 Å². The lowest BCUT2D eigenvalue weighted by atomic mass is 9.82. The molecule has 3 heteroatoms. The van der Waals surface area contributed by atoms with Crippen LogP contribution in [0.1, 0.15) is 64.5 Å². The Hall–Kier alpha value is -0.380. The second-order valence-electron chi connectivity index (χ2n) is 5.93. The molecule has 1 aliphatic rings. The summed E-state index contributed by atoms with van der Waals surface area (Å²) in [6, 6.07) is 2.82. The first kappa shape index (κ1) is 16.0. The second-order valence-corrected chi connectivity index (χ2v) is 6.71. The van der Waals surface area contributed by atoms with E-state index in [1.807, 2.05) is 11.3 Å². The Morgan fingerprint density at radius 1 is 1.25 bits per heavy atom. The van der Waals surface area contributed by atoms with Gasteiger partial charge in [0, 0.05) is 5.54 Å². The molecule has 0 radical (unpaired) electrons. The fourth-order valence-electron chi connectivity index (χ4n) is 3.97. The van der Waals surface area contributed by atoms with Crippen molar-refractivity contribution >= 4 is 11.3 Å². The highest BCUT2D eigenvalue weighted by Gasteiger charge is 2.45. The van der Waals surface area contributed by atoms with Crippen LogP contribution >= 0.6 is 11.3 Å². The van der Waals surface area contributed by atoms with E-state index in [0.717, 1.165) is 19.6 Å². The molecule has 1 aliphatic carbocycles. The molecule has 0 aliphatic heterocycles. The van der Waals surface area contributed by atoms with Crippen LogP contribution in [0.5, 0.6) is 0 Å². The maximum Gasteiger partial charge on any atom is 0.0515 e. The van der Waals surface area contributed by atoms with E-state index in [1.165, 1.54) is 37.7 Å². The van der Waals surface area contributed by atoms with Crippen LogP contribution in [0.4, 0.5) is 0 Å². The van der Waals surface area contributed by atoms with Crippen LogP contribution in [0.2, 0.25) is 0 Å². The molecule has 2 rings (SSSR count). The fourth-order valence-corrected chi connectivity index (χ4v) is 4.66. The fraction of sp³-hybridized carbons (Fsp3) is 0.765. The Morgan fingerprint density at radius 2 is 1.95 bits per heavy atom. The molecule has 0 spiro atoms.